The van der Waals surface area contributed by atoms with Gasteiger partial charge in [0.05, 0.1) is 0 Å². The van der Waals surface area contributed by atoms with Crippen molar-refractivity contribution in [2.45, 2.75) is 199 Å². The average molecular weight is 1040 g/mol. The van der Waals surface area contributed by atoms with Crippen molar-refractivity contribution in [2.24, 2.45) is 0 Å². The molecular weight excluding hydrogens is 965 g/mol. The summed E-state index contributed by atoms with van der Waals surface area (Å²) in [6, 6.07) is 2.25. The number of hydrogen-bond donors (Lipinski definition) is 0. The van der Waals surface area contributed by atoms with Crippen LogP contribution >= 0.6 is 42.6 Å². The SMILES string of the molecule is CC(C)N(C(C)C)[PH+]1O[PH+](N(C(C)C)C(C)C)O[PH+](N(C(C)C)C(C)C)O[PH+](N(C(C)C)C(C)C)O[PH+](N(C(C)C)C(C)C)O1.[C-]#[O+].[C-]#[O+].[C-]#[O+].[C-]#[O+].[C-]#[O+].[C-]#[O+].[C-]#[O+].[Cr].[Cr]. The van der Waals surface area contributed by atoms with Gasteiger partial charge in [-0.1, -0.05) is 0 Å². The van der Waals surface area contributed by atoms with E-state index in [2.05, 4.69) is 208 Å². The van der Waals surface area contributed by atoms with Crippen molar-refractivity contribution in [1.29, 1.82) is 0 Å². The fourth-order valence-electron chi connectivity index (χ4n) is 6.09. The molecule has 17 nitrogen and oxygen atoms in total. The second kappa shape index (κ2) is 50.4. The summed E-state index contributed by atoms with van der Waals surface area (Å²) in [6.45, 7) is 76.2. The van der Waals surface area contributed by atoms with Crippen LogP contribution in [0.2, 0.25) is 0 Å². The first-order valence-electron chi connectivity index (χ1n) is 18.7. The molecule has 0 aromatic rings. The van der Waals surface area contributed by atoms with Crippen LogP contribution in [0.15, 0.2) is 0 Å². The molecule has 352 valence electrons. The molecule has 0 saturated carbocycles. The fraction of sp³-hybridized carbons (Fsp3) is 0.811. The van der Waals surface area contributed by atoms with Gasteiger partial charge in [-0.05, 0) is 138 Å². The maximum Gasteiger partial charge on any atom is 0 e. The van der Waals surface area contributed by atoms with Crippen molar-refractivity contribution < 1.29 is 88.8 Å². The Morgan fingerprint density at radius 1 is 0.230 bits per heavy atom. The molecule has 0 aromatic carbocycles. The normalized spacial score (nSPS) is 18.7. The molecule has 24 heteroatoms. The van der Waals surface area contributed by atoms with Crippen LogP contribution in [0.1, 0.15) is 138 Å². The van der Waals surface area contributed by atoms with Crippen LogP contribution in [0.5, 0.6) is 0 Å². The first-order chi connectivity index (χ1) is 27.6. The molecule has 0 N–H and O–H groups in total. The Bertz CT molecular complexity index is 893. The maximum absolute atomic E-state index is 7.50. The molecule has 1 saturated heterocycles. The summed E-state index contributed by atoms with van der Waals surface area (Å²) in [6.07, 6.45) is 0. The van der Waals surface area contributed by atoms with Crippen LogP contribution < -0.4 is 0 Å². The van der Waals surface area contributed by atoms with E-state index in [4.69, 9.17) is 54.1 Å². The monoisotopic (exact) mass is 1040 g/mol. The third kappa shape index (κ3) is 32.4. The first kappa shape index (κ1) is 82.1. The Balaban J connectivity index is -0.000000218. The molecule has 1 rings (SSSR count). The zero-order valence-electron chi connectivity index (χ0n) is 39.7. The summed E-state index contributed by atoms with van der Waals surface area (Å²) in [5.41, 5.74) is 0. The van der Waals surface area contributed by atoms with E-state index in [1.54, 1.807) is 0 Å². The second-order valence-electron chi connectivity index (χ2n) is 14.8. The third-order valence-corrected chi connectivity index (χ3v) is 21.7. The predicted octanol–water partition coefficient (Wildman–Crippen LogP) is 10.2. The van der Waals surface area contributed by atoms with Crippen molar-refractivity contribution >= 4 is 42.6 Å². The minimum absolute atomic E-state index is 0. The van der Waals surface area contributed by atoms with E-state index in [0.717, 1.165) is 0 Å². The van der Waals surface area contributed by atoms with Crippen LogP contribution in [-0.2, 0) is 88.8 Å². The van der Waals surface area contributed by atoms with E-state index in [9.17, 15) is 0 Å². The van der Waals surface area contributed by atoms with Gasteiger partial charge in [0, 0.05) is 117 Å². The molecule has 0 spiro atoms. The van der Waals surface area contributed by atoms with E-state index < -0.39 is 42.6 Å². The Labute approximate surface area is 398 Å². The van der Waals surface area contributed by atoms with Gasteiger partial charge in [0.2, 0.25) is 0 Å². The molecule has 1 aliphatic heterocycles. The van der Waals surface area contributed by atoms with Gasteiger partial charge in [-0.15, -0.1) is 23.4 Å². The Morgan fingerprint density at radius 3 is 0.344 bits per heavy atom. The van der Waals surface area contributed by atoms with E-state index in [0.29, 0.717) is 0 Å². The standard InChI is InChI=1S/C30H70N5O5P5.7CO.2Cr/c1-21(2)31(22(3)4)41-36-42(32(23(5)6)24(7)8)38-44(34(27(13)14)28(15)16)40-45(35(29(17)18)30(19)20)39-43(37-41)33(25(9)10)26(11)12;7*1-2;;/h21-30H,1-20H3;;;;;;;;;/p+5. The van der Waals surface area contributed by atoms with Crippen molar-refractivity contribution in [1.82, 2.24) is 23.4 Å². The van der Waals surface area contributed by atoms with Gasteiger partial charge in [0.1, 0.15) is 0 Å². The van der Waals surface area contributed by atoms with E-state index >= 15 is 0 Å². The van der Waals surface area contributed by atoms with Gasteiger partial charge in [-0.3, -0.25) is 0 Å². The zero-order valence-corrected chi connectivity index (χ0v) is 47.3. The molecule has 0 bridgehead atoms. The average Bonchev–Trinajstić information content (AvgIpc) is 3.15. The predicted molar refractivity (Wildman–Crippen MR) is 235 cm³/mol. The smallest absolute Gasteiger partial charge is 0 e. The van der Waals surface area contributed by atoms with Gasteiger partial charge in [0.25, 0.3) is 0 Å². The summed E-state index contributed by atoms with van der Waals surface area (Å²) in [7, 11) is -10.2. The summed E-state index contributed by atoms with van der Waals surface area (Å²) in [5, 5.41) is 0. The van der Waals surface area contributed by atoms with Crippen molar-refractivity contribution in [3.8, 4) is 0 Å². The summed E-state index contributed by atoms with van der Waals surface area (Å²) in [5.74, 6) is 0. The van der Waals surface area contributed by atoms with Gasteiger partial charge in [0.15, 0.2) is 0 Å². The zero-order chi connectivity index (χ0) is 49.1. The van der Waals surface area contributed by atoms with Crippen LogP contribution in [0.25, 0.3) is 0 Å². The molecule has 0 atom stereocenters. The Kier molecular flexibility index (Phi) is 67.9. The van der Waals surface area contributed by atoms with Crippen molar-refractivity contribution in [2.75, 3.05) is 0 Å². The molecule has 0 amide bonds. The maximum atomic E-state index is 7.50. The summed E-state index contributed by atoms with van der Waals surface area (Å²) >= 11 is 0. The number of hydrogen-bond acceptors (Lipinski definition) is 10. The van der Waals surface area contributed by atoms with Crippen LogP contribution in [0.3, 0.4) is 0 Å². The van der Waals surface area contributed by atoms with Crippen molar-refractivity contribution in [3.05, 3.63) is 46.6 Å². The summed E-state index contributed by atoms with van der Waals surface area (Å²) < 4.78 is 101. The van der Waals surface area contributed by atoms with Gasteiger partial charge in [-0.2, -0.15) is 0 Å². The topological polar surface area (TPSA) is 202 Å². The minimum atomic E-state index is -2.05. The van der Waals surface area contributed by atoms with Crippen LogP contribution in [0, 0.1) is 46.6 Å². The molecule has 0 unspecified atom stereocenters. The van der Waals surface area contributed by atoms with Gasteiger partial charge < -0.3 is 0 Å². The second-order valence-corrected chi connectivity index (χ2v) is 24.1. The number of nitrogens with zero attached hydrogens (tertiary/aromatic N) is 5. The molecule has 1 heterocycles. The van der Waals surface area contributed by atoms with Gasteiger partial charge >= 0.3 is 122 Å². The molecule has 1 aliphatic rings. The summed E-state index contributed by atoms with van der Waals surface area (Å²) in [4.78, 5) is 0. The van der Waals surface area contributed by atoms with Gasteiger partial charge in [-0.25, -0.2) is 0 Å². The number of rotatable bonds is 15. The fourth-order valence-corrected chi connectivity index (χ4v) is 20.2. The molecule has 0 aliphatic carbocycles. The van der Waals surface area contributed by atoms with Crippen LogP contribution in [-0.4, -0.2) is 83.8 Å². The van der Waals surface area contributed by atoms with E-state index in [1.165, 1.54) is 0 Å². The van der Waals surface area contributed by atoms with E-state index in [1.807, 2.05) is 0 Å². The third-order valence-electron chi connectivity index (χ3n) is 7.49. The van der Waals surface area contributed by atoms with Crippen LogP contribution in [0.4, 0.5) is 0 Å². The molecule has 0 radical (unpaired) electrons. The Hall–Kier alpha value is 0.995. The first-order valence-corrected chi connectivity index (χ1v) is 25.0. The molecule has 61 heavy (non-hydrogen) atoms. The largest absolute Gasteiger partial charge is 0 e. The molecule has 1 fully saturated rings. The molecule has 0 aromatic heterocycles. The minimum Gasteiger partial charge on any atom is 0 e. The Morgan fingerprint density at radius 2 is 0.295 bits per heavy atom. The van der Waals surface area contributed by atoms with Crippen molar-refractivity contribution in [3.63, 3.8) is 0 Å². The van der Waals surface area contributed by atoms with E-state index in [-0.39, 0.29) is 95.1 Å². The quantitative estimate of drug-likeness (QED) is 0.0863. The molecular formula is C37H75Cr2N5O12P5+5.